The van der Waals surface area contributed by atoms with Gasteiger partial charge in [-0.1, -0.05) is 36.4 Å². The summed E-state index contributed by atoms with van der Waals surface area (Å²) in [7, 11) is 0. The summed E-state index contributed by atoms with van der Waals surface area (Å²) in [6, 6.07) is 20.8. The number of H-pyrrole nitrogens is 1. The Morgan fingerprint density at radius 3 is 2.35 bits per heavy atom. The lowest BCUT2D eigenvalue weighted by atomic mass is 9.77. The van der Waals surface area contributed by atoms with E-state index in [1.54, 1.807) is 0 Å². The molecular formula is C26H25N3O2. The molecule has 2 aromatic carbocycles. The molecule has 1 aliphatic rings. The van der Waals surface area contributed by atoms with Crippen LogP contribution in [-0.2, 0) is 4.79 Å². The summed E-state index contributed by atoms with van der Waals surface area (Å²) in [5.41, 5.74) is 6.32. The number of benzene rings is 2. The molecule has 4 aromatic rings. The van der Waals surface area contributed by atoms with Gasteiger partial charge in [-0.05, 0) is 67.3 Å². The third-order valence-electron chi connectivity index (χ3n) is 6.41. The number of carbonyl (C=O) groups is 1. The Morgan fingerprint density at radius 2 is 1.68 bits per heavy atom. The lowest BCUT2D eigenvalue weighted by molar-refractivity contribution is -0.138. The molecule has 0 aliphatic heterocycles. The van der Waals surface area contributed by atoms with E-state index in [1.807, 2.05) is 36.5 Å². The van der Waals surface area contributed by atoms with E-state index in [-0.39, 0.29) is 0 Å². The molecule has 5 nitrogen and oxygen atoms in total. The van der Waals surface area contributed by atoms with Crippen LogP contribution in [0, 0.1) is 5.92 Å². The third kappa shape index (κ3) is 4.22. The number of aromatic amines is 1. The zero-order valence-corrected chi connectivity index (χ0v) is 17.3. The highest BCUT2D eigenvalue weighted by atomic mass is 16.4. The molecule has 2 aromatic heterocycles. The Morgan fingerprint density at radius 1 is 0.935 bits per heavy atom. The summed E-state index contributed by atoms with van der Waals surface area (Å²) >= 11 is 0. The van der Waals surface area contributed by atoms with Crippen LogP contribution in [0.4, 0.5) is 0 Å². The summed E-state index contributed by atoms with van der Waals surface area (Å²) in [5, 5.41) is 8.99. The highest BCUT2D eigenvalue weighted by molar-refractivity contribution is 5.79. The first-order valence-corrected chi connectivity index (χ1v) is 10.9. The summed E-state index contributed by atoms with van der Waals surface area (Å²) in [6.45, 7) is 0. The molecule has 1 saturated carbocycles. The molecule has 2 heterocycles. The lowest BCUT2D eigenvalue weighted by Gasteiger charge is -2.28. The van der Waals surface area contributed by atoms with Gasteiger partial charge in [0.25, 0.3) is 0 Å². The molecule has 1 aliphatic carbocycles. The maximum Gasteiger partial charge on any atom is 0.303 e. The van der Waals surface area contributed by atoms with Crippen molar-refractivity contribution in [2.45, 2.75) is 38.0 Å². The van der Waals surface area contributed by atoms with Gasteiger partial charge >= 0.3 is 5.97 Å². The van der Waals surface area contributed by atoms with Gasteiger partial charge in [-0.15, -0.1) is 0 Å². The molecule has 0 atom stereocenters. The lowest BCUT2D eigenvalue weighted by Crippen LogP contribution is -2.16. The number of fused-ring (bicyclic) bond motifs is 1. The van der Waals surface area contributed by atoms with Crippen LogP contribution >= 0.6 is 0 Å². The standard InChI is InChI=1S/C26H25N3O2/c30-25(31)15-17-5-7-18(8-6-17)19-9-11-20(12-10-19)22-14-13-21(16-27-22)26-28-23-3-1-2-4-24(23)29-26/h1-4,9-14,16-18H,5-8,15H2,(H,28,29)(H,30,31). The largest absolute Gasteiger partial charge is 0.481 e. The third-order valence-corrected chi connectivity index (χ3v) is 6.41. The molecular weight excluding hydrogens is 386 g/mol. The van der Waals surface area contributed by atoms with Crippen molar-refractivity contribution >= 4 is 17.0 Å². The van der Waals surface area contributed by atoms with E-state index in [0.29, 0.717) is 18.3 Å². The Hall–Kier alpha value is -3.47. The van der Waals surface area contributed by atoms with Gasteiger partial charge in [0, 0.05) is 23.7 Å². The van der Waals surface area contributed by atoms with Crippen molar-refractivity contribution in [3.63, 3.8) is 0 Å². The van der Waals surface area contributed by atoms with Gasteiger partial charge in [0.15, 0.2) is 0 Å². The first kappa shape index (κ1) is 19.5. The van der Waals surface area contributed by atoms with Crippen LogP contribution in [-0.4, -0.2) is 26.0 Å². The first-order valence-electron chi connectivity index (χ1n) is 10.9. The van der Waals surface area contributed by atoms with Crippen LogP contribution < -0.4 is 0 Å². The number of carboxylic acid groups (broad SMARTS) is 1. The number of pyridine rings is 1. The fraction of sp³-hybridized carbons (Fsp3) is 0.269. The first-order chi connectivity index (χ1) is 15.2. The highest BCUT2D eigenvalue weighted by Crippen LogP contribution is 2.37. The van der Waals surface area contributed by atoms with Gasteiger partial charge in [0.05, 0.1) is 16.7 Å². The fourth-order valence-corrected chi connectivity index (χ4v) is 4.67. The molecule has 0 amide bonds. The minimum absolute atomic E-state index is 0.307. The Balaban J connectivity index is 1.27. The molecule has 0 unspecified atom stereocenters. The summed E-state index contributed by atoms with van der Waals surface area (Å²) in [4.78, 5) is 23.6. The Kier molecular flexibility index (Phi) is 5.24. The maximum absolute atomic E-state index is 10.9. The van der Waals surface area contributed by atoms with Crippen molar-refractivity contribution in [2.75, 3.05) is 0 Å². The van der Waals surface area contributed by atoms with E-state index in [4.69, 9.17) is 5.11 Å². The van der Waals surface area contributed by atoms with Crippen molar-refractivity contribution in [3.8, 4) is 22.6 Å². The molecule has 5 rings (SSSR count). The maximum atomic E-state index is 10.9. The average molecular weight is 412 g/mol. The Labute approximate surface area is 181 Å². The summed E-state index contributed by atoms with van der Waals surface area (Å²) < 4.78 is 0. The van der Waals surface area contributed by atoms with E-state index in [2.05, 4.69) is 45.3 Å². The minimum atomic E-state index is -0.674. The zero-order valence-electron chi connectivity index (χ0n) is 17.3. The molecule has 0 bridgehead atoms. The van der Waals surface area contributed by atoms with Crippen molar-refractivity contribution < 1.29 is 9.90 Å². The normalized spacial score (nSPS) is 18.8. The quantitative estimate of drug-likeness (QED) is 0.420. The number of nitrogens with one attached hydrogen (secondary N) is 1. The fourth-order valence-electron chi connectivity index (χ4n) is 4.67. The van der Waals surface area contributed by atoms with Gasteiger partial charge in [-0.2, -0.15) is 0 Å². The van der Waals surface area contributed by atoms with Crippen LogP contribution in [0.25, 0.3) is 33.7 Å². The molecule has 0 saturated heterocycles. The zero-order chi connectivity index (χ0) is 21.2. The second-order valence-corrected chi connectivity index (χ2v) is 8.47. The minimum Gasteiger partial charge on any atom is -0.481 e. The van der Waals surface area contributed by atoms with Gasteiger partial charge in [-0.25, -0.2) is 4.98 Å². The SMILES string of the molecule is O=C(O)CC1CCC(c2ccc(-c3ccc(-c4nc5ccccc5[nH]4)cn3)cc2)CC1. The number of aliphatic carboxylic acids is 1. The summed E-state index contributed by atoms with van der Waals surface area (Å²) in [6.07, 6.45) is 6.32. The smallest absolute Gasteiger partial charge is 0.303 e. The second-order valence-electron chi connectivity index (χ2n) is 8.47. The van der Waals surface area contributed by atoms with E-state index in [9.17, 15) is 4.79 Å². The molecule has 31 heavy (non-hydrogen) atoms. The van der Waals surface area contributed by atoms with Crippen LogP contribution in [0.5, 0.6) is 0 Å². The number of imidazole rings is 1. The number of nitrogens with zero attached hydrogens (tertiary/aromatic N) is 2. The molecule has 0 spiro atoms. The highest BCUT2D eigenvalue weighted by Gasteiger charge is 2.24. The van der Waals surface area contributed by atoms with E-state index in [1.165, 1.54) is 5.56 Å². The average Bonchev–Trinajstić information content (AvgIpc) is 3.24. The van der Waals surface area contributed by atoms with Gasteiger partial charge in [0.2, 0.25) is 0 Å². The van der Waals surface area contributed by atoms with Crippen LogP contribution in [0.3, 0.4) is 0 Å². The summed E-state index contributed by atoms with van der Waals surface area (Å²) in [5.74, 6) is 1.02. The number of carboxylic acids is 1. The monoisotopic (exact) mass is 411 g/mol. The second kappa shape index (κ2) is 8.34. The number of hydrogen-bond donors (Lipinski definition) is 2. The molecule has 1 fully saturated rings. The topological polar surface area (TPSA) is 78.9 Å². The van der Waals surface area contributed by atoms with Crippen molar-refractivity contribution in [1.82, 2.24) is 15.0 Å². The Bertz CT molecular complexity index is 1150. The number of aromatic nitrogens is 3. The van der Waals surface area contributed by atoms with Crippen molar-refractivity contribution in [2.24, 2.45) is 5.92 Å². The number of rotatable bonds is 5. The number of hydrogen-bond acceptors (Lipinski definition) is 3. The van der Waals surface area contributed by atoms with Crippen molar-refractivity contribution in [3.05, 3.63) is 72.4 Å². The van der Waals surface area contributed by atoms with Crippen LogP contribution in [0.1, 0.15) is 43.6 Å². The van der Waals surface area contributed by atoms with Crippen LogP contribution in [0.2, 0.25) is 0 Å². The predicted octanol–water partition coefficient (Wildman–Crippen LogP) is 6.04. The molecule has 0 radical (unpaired) electrons. The van der Waals surface area contributed by atoms with E-state index in [0.717, 1.165) is 59.4 Å². The van der Waals surface area contributed by atoms with E-state index < -0.39 is 5.97 Å². The van der Waals surface area contributed by atoms with Crippen LogP contribution in [0.15, 0.2) is 66.9 Å². The predicted molar refractivity (Wildman–Crippen MR) is 122 cm³/mol. The number of para-hydroxylation sites is 2. The van der Waals surface area contributed by atoms with Gasteiger partial charge in [-0.3, -0.25) is 9.78 Å². The molecule has 5 heteroatoms. The van der Waals surface area contributed by atoms with Gasteiger partial charge < -0.3 is 10.1 Å². The molecule has 2 N–H and O–H groups in total. The molecule has 156 valence electrons. The van der Waals surface area contributed by atoms with E-state index >= 15 is 0 Å². The van der Waals surface area contributed by atoms with Crippen molar-refractivity contribution in [1.29, 1.82) is 0 Å². The van der Waals surface area contributed by atoms with Gasteiger partial charge in [0.1, 0.15) is 5.82 Å².